The van der Waals surface area contributed by atoms with Crippen molar-refractivity contribution in [2.24, 2.45) is 0 Å². The lowest BCUT2D eigenvalue weighted by Crippen LogP contribution is -2.20. The molecule has 0 saturated heterocycles. The van der Waals surface area contributed by atoms with Crippen molar-refractivity contribution in [2.45, 2.75) is 0 Å². The fourth-order valence-electron chi connectivity index (χ4n) is 2.92. The van der Waals surface area contributed by atoms with E-state index in [0.717, 1.165) is 27.4 Å². The molecule has 2 aromatic heterocycles. The third kappa shape index (κ3) is 1.67. The van der Waals surface area contributed by atoms with Crippen molar-refractivity contribution < 1.29 is 19.4 Å². The van der Waals surface area contributed by atoms with Crippen molar-refractivity contribution in [3.05, 3.63) is 54.9 Å². The molecule has 0 spiro atoms. The van der Waals surface area contributed by atoms with E-state index >= 15 is 0 Å². The van der Waals surface area contributed by atoms with E-state index in [1.54, 1.807) is 13.2 Å². The number of methoxy groups -OCH3 is 1. The summed E-state index contributed by atoms with van der Waals surface area (Å²) in [6, 6.07) is 13.2. The third-order valence-electron chi connectivity index (χ3n) is 4.02. The number of benzene rings is 2. The first kappa shape index (κ1) is 12.7. The fourth-order valence-corrected chi connectivity index (χ4v) is 2.92. The van der Waals surface area contributed by atoms with Gasteiger partial charge < -0.3 is 14.9 Å². The zero-order valence-electron chi connectivity index (χ0n) is 11.9. The van der Waals surface area contributed by atoms with E-state index in [2.05, 4.69) is 0 Å². The Kier molecular flexibility index (Phi) is 2.60. The van der Waals surface area contributed by atoms with Crippen molar-refractivity contribution in [1.29, 1.82) is 0 Å². The normalized spacial score (nSPS) is 11.3. The third-order valence-corrected chi connectivity index (χ3v) is 4.02. The second kappa shape index (κ2) is 4.49. The SMILES string of the molecule is COc1cccc2cc[n+]3cc4c(O)c(O)ccc4cc3c12. The van der Waals surface area contributed by atoms with Gasteiger partial charge in [0.2, 0.25) is 5.52 Å². The molecule has 0 amide bonds. The number of aromatic nitrogens is 1. The largest absolute Gasteiger partial charge is 0.504 e. The van der Waals surface area contributed by atoms with Crippen LogP contribution < -0.4 is 9.14 Å². The Morgan fingerprint density at radius 3 is 2.68 bits per heavy atom. The summed E-state index contributed by atoms with van der Waals surface area (Å²) in [7, 11) is 1.66. The first-order valence-electron chi connectivity index (χ1n) is 6.94. The Morgan fingerprint density at radius 1 is 1.00 bits per heavy atom. The van der Waals surface area contributed by atoms with Gasteiger partial charge >= 0.3 is 0 Å². The van der Waals surface area contributed by atoms with E-state index in [1.807, 2.05) is 47.1 Å². The molecule has 0 radical (unpaired) electrons. The monoisotopic (exact) mass is 292 g/mol. The van der Waals surface area contributed by atoms with Gasteiger partial charge in [0, 0.05) is 12.1 Å². The molecule has 108 valence electrons. The lowest BCUT2D eigenvalue weighted by molar-refractivity contribution is -0.509. The van der Waals surface area contributed by atoms with Crippen LogP contribution in [0.3, 0.4) is 0 Å². The molecule has 4 aromatic rings. The van der Waals surface area contributed by atoms with Crippen molar-refractivity contribution in [1.82, 2.24) is 0 Å². The number of phenolic OH excluding ortho intramolecular Hbond substituents is 2. The highest BCUT2D eigenvalue weighted by molar-refractivity contribution is 6.02. The quantitative estimate of drug-likeness (QED) is 0.245. The number of phenols is 2. The van der Waals surface area contributed by atoms with E-state index in [-0.39, 0.29) is 11.5 Å². The van der Waals surface area contributed by atoms with Gasteiger partial charge in [-0.3, -0.25) is 0 Å². The summed E-state index contributed by atoms with van der Waals surface area (Å²) < 4.78 is 7.41. The maximum Gasteiger partial charge on any atom is 0.222 e. The lowest BCUT2D eigenvalue weighted by atomic mass is 10.1. The summed E-state index contributed by atoms with van der Waals surface area (Å²) in [6.07, 6.45) is 3.74. The van der Waals surface area contributed by atoms with Crippen LogP contribution in [-0.4, -0.2) is 17.3 Å². The molecule has 0 aliphatic heterocycles. The van der Waals surface area contributed by atoms with E-state index in [4.69, 9.17) is 4.74 Å². The van der Waals surface area contributed by atoms with Gasteiger partial charge in [-0.25, -0.2) is 0 Å². The van der Waals surface area contributed by atoms with Crippen molar-refractivity contribution in [3.63, 3.8) is 0 Å². The van der Waals surface area contributed by atoms with Crippen LogP contribution in [0.2, 0.25) is 0 Å². The molecule has 2 N–H and O–H groups in total. The van der Waals surface area contributed by atoms with Crippen LogP contribution in [0.15, 0.2) is 54.9 Å². The first-order chi connectivity index (χ1) is 10.7. The number of hydrogen-bond donors (Lipinski definition) is 2. The summed E-state index contributed by atoms with van der Waals surface area (Å²) >= 11 is 0. The lowest BCUT2D eigenvalue weighted by Gasteiger charge is -2.06. The first-order valence-corrected chi connectivity index (χ1v) is 6.94. The van der Waals surface area contributed by atoms with Crippen LogP contribution in [0, 0.1) is 0 Å². The van der Waals surface area contributed by atoms with E-state index in [0.29, 0.717) is 5.39 Å². The summed E-state index contributed by atoms with van der Waals surface area (Å²) in [4.78, 5) is 0. The van der Waals surface area contributed by atoms with Crippen LogP contribution in [0.4, 0.5) is 0 Å². The highest BCUT2D eigenvalue weighted by atomic mass is 16.5. The minimum atomic E-state index is -0.120. The van der Waals surface area contributed by atoms with Crippen molar-refractivity contribution in [3.8, 4) is 17.2 Å². The van der Waals surface area contributed by atoms with Crippen LogP contribution in [0.25, 0.3) is 27.1 Å². The van der Waals surface area contributed by atoms with Gasteiger partial charge in [0.05, 0.1) is 17.9 Å². The number of pyridine rings is 2. The van der Waals surface area contributed by atoms with E-state index in [1.165, 1.54) is 6.07 Å². The molecule has 0 fully saturated rings. The molecule has 0 saturated carbocycles. The van der Waals surface area contributed by atoms with Crippen LogP contribution in [-0.2, 0) is 0 Å². The molecule has 4 heteroatoms. The number of nitrogens with zero attached hydrogens (tertiary/aromatic N) is 1. The maximum absolute atomic E-state index is 10.0. The number of fused-ring (bicyclic) bond motifs is 4. The molecule has 4 rings (SSSR count). The van der Waals surface area contributed by atoms with Gasteiger partial charge in [-0.1, -0.05) is 12.1 Å². The molecule has 2 heterocycles. The average molecular weight is 292 g/mol. The standard InChI is InChI=1S/C18H13NO3/c1-22-16-4-2-3-11-7-8-19-10-13-12(9-14(19)17(11)16)5-6-15(20)18(13)21/h2-10,20H,1H3/p+1. The topological polar surface area (TPSA) is 53.8 Å². The second-order valence-electron chi connectivity index (χ2n) is 5.24. The highest BCUT2D eigenvalue weighted by Crippen LogP contribution is 2.34. The number of aromatic hydroxyl groups is 2. The molecule has 0 atom stereocenters. The zero-order chi connectivity index (χ0) is 15.3. The molecule has 4 nitrogen and oxygen atoms in total. The molecule has 0 aliphatic rings. The number of hydrogen-bond acceptors (Lipinski definition) is 3. The summed E-state index contributed by atoms with van der Waals surface area (Å²) in [5, 5.41) is 23.3. The average Bonchev–Trinajstić information content (AvgIpc) is 2.56. The predicted molar refractivity (Wildman–Crippen MR) is 84.5 cm³/mol. The van der Waals surface area contributed by atoms with E-state index in [9.17, 15) is 10.2 Å². The minimum Gasteiger partial charge on any atom is -0.504 e. The van der Waals surface area contributed by atoms with Gasteiger partial charge in [0.1, 0.15) is 5.75 Å². The van der Waals surface area contributed by atoms with E-state index < -0.39 is 0 Å². The van der Waals surface area contributed by atoms with Crippen LogP contribution in [0.5, 0.6) is 17.2 Å². The van der Waals surface area contributed by atoms with Gasteiger partial charge in [0.15, 0.2) is 23.9 Å². The zero-order valence-corrected chi connectivity index (χ0v) is 11.9. The molecular weight excluding hydrogens is 278 g/mol. The number of rotatable bonds is 1. The smallest absolute Gasteiger partial charge is 0.222 e. The van der Waals surface area contributed by atoms with Gasteiger partial charge in [-0.05, 0) is 29.0 Å². The fraction of sp³-hybridized carbons (Fsp3) is 0.0556. The van der Waals surface area contributed by atoms with Crippen LogP contribution in [0.1, 0.15) is 0 Å². The highest BCUT2D eigenvalue weighted by Gasteiger charge is 2.16. The van der Waals surface area contributed by atoms with Gasteiger partial charge in [0.25, 0.3) is 0 Å². The van der Waals surface area contributed by atoms with Gasteiger partial charge in [-0.15, -0.1) is 0 Å². The Bertz CT molecular complexity index is 1040. The Labute approximate surface area is 126 Å². The molecule has 22 heavy (non-hydrogen) atoms. The molecule has 0 aliphatic carbocycles. The van der Waals surface area contributed by atoms with Crippen molar-refractivity contribution in [2.75, 3.05) is 7.11 Å². The maximum atomic E-state index is 10.0. The summed E-state index contributed by atoms with van der Waals surface area (Å²) in [6.45, 7) is 0. The van der Waals surface area contributed by atoms with Crippen LogP contribution >= 0.6 is 0 Å². The Hall–Kier alpha value is -3.01. The predicted octanol–water partition coefficient (Wildman–Crippen LogP) is 3.15. The molecule has 2 aromatic carbocycles. The molecule has 0 unspecified atom stereocenters. The van der Waals surface area contributed by atoms with Gasteiger partial charge in [-0.2, -0.15) is 4.40 Å². The van der Waals surface area contributed by atoms with Crippen molar-refractivity contribution >= 4 is 27.1 Å². The molecule has 0 bridgehead atoms. The minimum absolute atomic E-state index is 0.105. The summed E-state index contributed by atoms with van der Waals surface area (Å²) in [5.41, 5.74) is 0.979. The second-order valence-corrected chi connectivity index (χ2v) is 5.24. The summed E-state index contributed by atoms with van der Waals surface area (Å²) in [5.74, 6) is 0.579. The molecular formula is C18H14NO3+. The number of ether oxygens (including phenoxy) is 1. The Balaban J connectivity index is 2.23. The Morgan fingerprint density at radius 2 is 1.86 bits per heavy atom.